The molecule has 0 radical (unpaired) electrons. The third-order valence-electron chi connectivity index (χ3n) is 11.5. The predicted molar refractivity (Wildman–Crippen MR) is 198 cm³/mol. The quantitative estimate of drug-likeness (QED) is 0.180. The molecule has 1 saturated carbocycles. The number of aliphatic hydroxyl groups excluding tert-OH is 2. The van der Waals surface area contributed by atoms with Crippen molar-refractivity contribution in [3.63, 3.8) is 0 Å². The summed E-state index contributed by atoms with van der Waals surface area (Å²) >= 11 is 0. The number of alkyl carbamates (subject to hydrolysis) is 3. The van der Waals surface area contributed by atoms with Gasteiger partial charge in [0.15, 0.2) is 31.1 Å². The van der Waals surface area contributed by atoms with Gasteiger partial charge in [-0.3, -0.25) is 4.90 Å². The van der Waals surface area contributed by atoms with Gasteiger partial charge in [-0.15, -0.1) is 0 Å². The number of likely N-dealkylation sites (N-methyl/N-ethyl adjacent to an activating group) is 1. The highest BCUT2D eigenvalue weighted by Crippen LogP contribution is 2.41. The maximum Gasteiger partial charge on any atom is 0.410 e. The molecule has 4 amide bonds. The Morgan fingerprint density at radius 3 is 2.13 bits per heavy atom. The number of ether oxygens (including phenoxy) is 9. The maximum absolute atomic E-state index is 16.2. The summed E-state index contributed by atoms with van der Waals surface area (Å²) in [5, 5.41) is 29.8. The van der Waals surface area contributed by atoms with Crippen LogP contribution in [-0.4, -0.2) is 151 Å². The molecule has 7 N–H and O–H groups in total. The molecule has 16 atom stereocenters. The number of nitrogens with two attached hydrogens (primary N) is 1. The highest BCUT2D eigenvalue weighted by Gasteiger charge is 2.61. The van der Waals surface area contributed by atoms with Gasteiger partial charge >= 0.3 is 24.4 Å². The number of cyclic esters (lactones) is 1. The van der Waals surface area contributed by atoms with Gasteiger partial charge in [-0.2, -0.15) is 0 Å². The lowest BCUT2D eigenvalue weighted by atomic mass is 9.84. The average molecular weight is 846 g/mol. The molecule has 0 spiro atoms. The zero-order valence-corrected chi connectivity index (χ0v) is 32.4. The minimum Gasteiger partial charge on any atom is -0.447 e. The highest BCUT2D eigenvalue weighted by molar-refractivity contribution is 5.71. The van der Waals surface area contributed by atoms with Gasteiger partial charge in [0, 0.05) is 25.9 Å². The minimum absolute atomic E-state index is 0.0489. The number of amides is 4. The van der Waals surface area contributed by atoms with E-state index in [2.05, 4.69) is 16.0 Å². The Morgan fingerprint density at radius 2 is 1.47 bits per heavy atom. The zero-order valence-electron chi connectivity index (χ0n) is 32.4. The molecule has 20 nitrogen and oxygen atoms in total. The van der Waals surface area contributed by atoms with Crippen LogP contribution in [0.25, 0.3) is 0 Å². The molecule has 6 aliphatic rings. The van der Waals surface area contributed by atoms with Crippen LogP contribution in [0.5, 0.6) is 0 Å². The summed E-state index contributed by atoms with van der Waals surface area (Å²) in [5.74, 6) is 0. The smallest absolute Gasteiger partial charge is 0.410 e. The van der Waals surface area contributed by atoms with E-state index >= 15 is 4.39 Å². The summed E-state index contributed by atoms with van der Waals surface area (Å²) in [6.45, 7) is -0.201. The van der Waals surface area contributed by atoms with Crippen LogP contribution in [0.2, 0.25) is 0 Å². The molecule has 0 aromatic heterocycles. The van der Waals surface area contributed by atoms with E-state index in [-0.39, 0.29) is 39.1 Å². The number of nitrogens with zero attached hydrogens (tertiary/aromatic N) is 1. The van der Waals surface area contributed by atoms with Gasteiger partial charge in [0.25, 0.3) is 0 Å². The van der Waals surface area contributed by atoms with E-state index in [9.17, 15) is 29.4 Å². The highest BCUT2D eigenvalue weighted by atomic mass is 19.1. The van der Waals surface area contributed by atoms with Crippen LogP contribution in [0, 0.1) is 0 Å². The van der Waals surface area contributed by atoms with E-state index in [1.807, 2.05) is 12.1 Å². The number of carbonyl (C=O) groups is 4. The van der Waals surface area contributed by atoms with Crippen molar-refractivity contribution in [3.8, 4) is 0 Å². The Labute approximate surface area is 342 Å². The molecule has 7 unspecified atom stereocenters. The fourth-order valence-corrected chi connectivity index (χ4v) is 8.40. The average Bonchev–Trinajstić information content (AvgIpc) is 3.54. The third kappa shape index (κ3) is 9.08. The van der Waals surface area contributed by atoms with Gasteiger partial charge in [0.05, 0.1) is 24.2 Å². The summed E-state index contributed by atoms with van der Waals surface area (Å²) in [6, 6.07) is 13.1. The lowest BCUT2D eigenvalue weighted by molar-refractivity contribution is -0.367. The van der Waals surface area contributed by atoms with E-state index in [1.165, 1.54) is 11.9 Å². The standard InChI is InChI=1S/C39H48FN5O15/c1-45-28-32(59-39(45)51)31-25(55-35(28)60-34-24(46)13-21-26(56-34)17-54-36(48)42-21)14-23(44-38(50)53-16-19-10-6-3-7-11-19)33(58-31)57-30-20(41)12-22(29(47)27(30)40)43-37(49)52-15-18-8-4-2-5-9-18/h2-11,20-35,46-47H,12-17,41H2,1H3,(H,42,48)(H,43,49)(H,44,50)/t20?,21-,22+,23-,24-,25-,26?,27?,28?,29+,30+,31?,32?,33-,34+,35?/m0/s1. The van der Waals surface area contributed by atoms with E-state index in [0.29, 0.717) is 5.56 Å². The Bertz CT molecular complexity index is 1840. The van der Waals surface area contributed by atoms with E-state index in [4.69, 9.17) is 48.4 Å². The molecule has 2 aromatic rings. The second-order valence-corrected chi connectivity index (χ2v) is 15.6. The number of rotatable bonds is 10. The molecule has 6 fully saturated rings. The first-order valence-electron chi connectivity index (χ1n) is 19.8. The Hall–Kier alpha value is -4.87. The van der Waals surface area contributed by atoms with E-state index in [1.54, 1.807) is 48.5 Å². The van der Waals surface area contributed by atoms with Crippen LogP contribution in [0.1, 0.15) is 30.4 Å². The van der Waals surface area contributed by atoms with Crippen molar-refractivity contribution in [1.82, 2.24) is 20.9 Å². The summed E-state index contributed by atoms with van der Waals surface area (Å²) < 4.78 is 68.9. The normalized spacial score (nSPS) is 38.5. The topological polar surface area (TPSA) is 257 Å². The van der Waals surface area contributed by atoms with Crippen molar-refractivity contribution < 1.29 is 76.4 Å². The monoisotopic (exact) mass is 845 g/mol. The number of aliphatic hydroxyl groups is 2. The summed E-state index contributed by atoms with van der Waals surface area (Å²) in [4.78, 5) is 51.9. The number of nitrogens with one attached hydrogen (secondary N) is 3. The second kappa shape index (κ2) is 18.0. The zero-order chi connectivity index (χ0) is 42.1. The number of hydrogen-bond donors (Lipinski definition) is 6. The first-order chi connectivity index (χ1) is 28.9. The van der Waals surface area contributed by atoms with Gasteiger partial charge in [0.2, 0.25) is 0 Å². The lowest BCUT2D eigenvalue weighted by Gasteiger charge is -2.51. The number of hydrogen-bond acceptors (Lipinski definition) is 16. The van der Waals surface area contributed by atoms with E-state index in [0.717, 1.165) is 5.56 Å². The van der Waals surface area contributed by atoms with Gasteiger partial charge in [-0.05, 0) is 17.5 Å². The van der Waals surface area contributed by atoms with Crippen LogP contribution >= 0.6 is 0 Å². The van der Waals surface area contributed by atoms with Crippen molar-refractivity contribution in [3.05, 3.63) is 71.8 Å². The fourth-order valence-electron chi connectivity index (χ4n) is 8.40. The van der Waals surface area contributed by atoms with Crippen molar-refractivity contribution in [2.45, 2.75) is 130 Å². The Balaban J connectivity index is 0.972. The molecule has 8 rings (SSSR count). The molecule has 326 valence electrons. The summed E-state index contributed by atoms with van der Waals surface area (Å²) in [7, 11) is 1.47. The minimum atomic E-state index is -2.15. The van der Waals surface area contributed by atoms with Crippen LogP contribution < -0.4 is 21.7 Å². The third-order valence-corrected chi connectivity index (χ3v) is 11.5. The number of benzene rings is 2. The molecule has 1 aliphatic carbocycles. The molecule has 0 bridgehead atoms. The van der Waals surface area contributed by atoms with Crippen LogP contribution in [0.3, 0.4) is 0 Å². The molecule has 60 heavy (non-hydrogen) atoms. The number of fused-ring (bicyclic) bond motifs is 4. The molecule has 21 heteroatoms. The van der Waals surface area contributed by atoms with Gasteiger partial charge in [0.1, 0.15) is 56.4 Å². The van der Waals surface area contributed by atoms with Gasteiger partial charge < -0.3 is 74.5 Å². The first-order valence-corrected chi connectivity index (χ1v) is 19.8. The Kier molecular flexibility index (Phi) is 12.6. The molecular formula is C39H48FN5O15. The van der Waals surface area contributed by atoms with Crippen LogP contribution in [-0.2, 0) is 55.8 Å². The fraction of sp³-hybridized carbons (Fsp3) is 0.590. The van der Waals surface area contributed by atoms with Crippen LogP contribution in [0.4, 0.5) is 23.6 Å². The molecular weight excluding hydrogens is 797 g/mol. The lowest BCUT2D eigenvalue weighted by Crippen LogP contribution is -2.69. The molecule has 5 aliphatic heterocycles. The summed E-state index contributed by atoms with van der Waals surface area (Å²) in [5.41, 5.74) is 7.89. The Morgan fingerprint density at radius 1 is 0.833 bits per heavy atom. The van der Waals surface area contributed by atoms with Gasteiger partial charge in [-0.25, -0.2) is 23.6 Å². The predicted octanol–water partition coefficient (Wildman–Crippen LogP) is 0.652. The first kappa shape index (κ1) is 41.8. The van der Waals surface area contributed by atoms with Crippen LogP contribution in [0.15, 0.2) is 60.7 Å². The van der Waals surface area contributed by atoms with E-state index < -0.39 is 122 Å². The van der Waals surface area contributed by atoms with Gasteiger partial charge in [-0.1, -0.05) is 60.7 Å². The maximum atomic E-state index is 16.2. The van der Waals surface area contributed by atoms with Crippen molar-refractivity contribution >= 4 is 24.4 Å². The second-order valence-electron chi connectivity index (χ2n) is 15.6. The van der Waals surface area contributed by atoms with Crippen molar-refractivity contribution in [1.29, 1.82) is 0 Å². The molecule has 5 heterocycles. The summed E-state index contributed by atoms with van der Waals surface area (Å²) in [6.07, 6.45) is -17.5. The van der Waals surface area contributed by atoms with Crippen molar-refractivity contribution in [2.75, 3.05) is 13.7 Å². The number of halogens is 1. The van der Waals surface area contributed by atoms with Crippen molar-refractivity contribution in [2.24, 2.45) is 5.73 Å². The number of carbonyl (C=O) groups excluding carboxylic acids is 4. The SMILES string of the molecule is CN1C(=O)OC2C3O[C@H](O[C@@H]4C(N)C[C@@H](NC(=O)OCc5ccccc5)[C@@H](O)C4F)[C@@H](NC(=O)OCc4ccccc4)C[C@@H]3OC(O[C@H]3OC4COC(=O)N[C@H]4C[C@@H]3O)C21. The number of alkyl halides is 1. The molecule has 2 aromatic carbocycles. The molecule has 5 saturated heterocycles. The largest absolute Gasteiger partial charge is 0.447 e.